The molecular formula is C20H37NO2. The summed E-state index contributed by atoms with van der Waals surface area (Å²) in [5.41, 5.74) is 1.27. The Kier molecular flexibility index (Phi) is 13.9. The maximum atomic E-state index is 5.67. The van der Waals surface area contributed by atoms with Crippen molar-refractivity contribution in [3.63, 3.8) is 0 Å². The molecule has 0 fully saturated rings. The molecule has 3 nitrogen and oxygen atoms in total. The van der Waals surface area contributed by atoms with Crippen LogP contribution in [0.3, 0.4) is 0 Å². The first-order chi connectivity index (χ1) is 11.1. The first-order valence-electron chi connectivity index (χ1n) is 9.08. The fourth-order valence-electron chi connectivity index (χ4n) is 1.76. The normalized spacial score (nSPS) is 10.6. The molecule has 0 bridgehead atoms. The highest BCUT2D eigenvalue weighted by molar-refractivity contribution is 5.27. The van der Waals surface area contributed by atoms with Crippen molar-refractivity contribution in [2.24, 2.45) is 11.8 Å². The van der Waals surface area contributed by atoms with Crippen LogP contribution in [0.2, 0.25) is 0 Å². The van der Waals surface area contributed by atoms with Crippen molar-refractivity contribution >= 4 is 0 Å². The molecule has 0 saturated heterocycles. The van der Waals surface area contributed by atoms with Crippen LogP contribution in [0.4, 0.5) is 0 Å². The zero-order valence-corrected chi connectivity index (χ0v) is 16.0. The second kappa shape index (κ2) is 14.5. The average Bonchev–Trinajstić information content (AvgIpc) is 2.54. The van der Waals surface area contributed by atoms with Crippen molar-refractivity contribution in [1.29, 1.82) is 0 Å². The van der Waals surface area contributed by atoms with E-state index in [0.29, 0.717) is 5.92 Å². The number of ether oxygens (including phenoxy) is 2. The molecule has 0 heterocycles. The number of nitrogens with one attached hydrogen (secondary N) is 1. The number of hydrogen-bond acceptors (Lipinski definition) is 3. The maximum Gasteiger partial charge on any atom is 0.119 e. The Labute approximate surface area is 143 Å². The predicted octanol–water partition coefficient (Wildman–Crippen LogP) is 4.90. The number of benzene rings is 1. The lowest BCUT2D eigenvalue weighted by molar-refractivity contribution is 0.125. The van der Waals surface area contributed by atoms with E-state index in [1.54, 1.807) is 0 Å². The van der Waals surface area contributed by atoms with E-state index in [1.165, 1.54) is 5.56 Å². The van der Waals surface area contributed by atoms with Gasteiger partial charge < -0.3 is 14.8 Å². The Morgan fingerprint density at radius 1 is 0.913 bits per heavy atom. The van der Waals surface area contributed by atoms with E-state index in [1.807, 2.05) is 26.0 Å². The monoisotopic (exact) mass is 323 g/mol. The summed E-state index contributed by atoms with van der Waals surface area (Å²) in [6.45, 7) is 16.9. The van der Waals surface area contributed by atoms with E-state index in [2.05, 4.69) is 45.1 Å². The fourth-order valence-corrected chi connectivity index (χ4v) is 1.76. The molecule has 1 aromatic carbocycles. The van der Waals surface area contributed by atoms with E-state index >= 15 is 0 Å². The third-order valence-electron chi connectivity index (χ3n) is 3.10. The summed E-state index contributed by atoms with van der Waals surface area (Å²) in [4.78, 5) is 0. The molecule has 0 aliphatic rings. The minimum atomic E-state index is 0.557. The summed E-state index contributed by atoms with van der Waals surface area (Å²) < 4.78 is 11.2. The van der Waals surface area contributed by atoms with Crippen LogP contribution >= 0.6 is 0 Å². The topological polar surface area (TPSA) is 30.5 Å². The van der Waals surface area contributed by atoms with E-state index in [9.17, 15) is 0 Å². The van der Waals surface area contributed by atoms with Gasteiger partial charge in [0.2, 0.25) is 0 Å². The number of rotatable bonds is 11. The molecule has 3 heteroatoms. The van der Waals surface area contributed by atoms with Crippen LogP contribution in [0.1, 0.15) is 53.5 Å². The van der Waals surface area contributed by atoms with Gasteiger partial charge in [0.05, 0.1) is 13.2 Å². The first-order valence-corrected chi connectivity index (χ1v) is 9.08. The van der Waals surface area contributed by atoms with Crippen LogP contribution in [0, 0.1) is 11.8 Å². The highest BCUT2D eigenvalue weighted by Gasteiger charge is 1.98. The van der Waals surface area contributed by atoms with Gasteiger partial charge in [0, 0.05) is 19.7 Å². The SMILES string of the molecule is CC.CC(C)CCOCCNCc1ccc(OCC(C)C)cc1. The lowest BCUT2D eigenvalue weighted by atomic mass is 10.1. The van der Waals surface area contributed by atoms with Crippen molar-refractivity contribution in [3.8, 4) is 5.75 Å². The molecule has 23 heavy (non-hydrogen) atoms. The molecule has 0 aliphatic heterocycles. The Bertz CT molecular complexity index is 360. The zero-order chi connectivity index (χ0) is 17.5. The molecule has 0 atom stereocenters. The largest absolute Gasteiger partial charge is 0.493 e. The van der Waals surface area contributed by atoms with Gasteiger partial charge in [0.15, 0.2) is 0 Å². The molecule has 1 rings (SSSR count). The van der Waals surface area contributed by atoms with Crippen LogP contribution in [-0.4, -0.2) is 26.4 Å². The standard InChI is InChI=1S/C18H31NO2.C2H6/c1-15(2)9-11-20-12-10-19-13-17-5-7-18(8-6-17)21-14-16(3)4;1-2/h5-8,15-16,19H,9-14H2,1-4H3;1-2H3. The van der Waals surface area contributed by atoms with E-state index in [4.69, 9.17) is 9.47 Å². The van der Waals surface area contributed by atoms with Crippen LogP contribution in [0.5, 0.6) is 5.75 Å². The van der Waals surface area contributed by atoms with Crippen LogP contribution in [0.25, 0.3) is 0 Å². The van der Waals surface area contributed by atoms with Gasteiger partial charge in [0.1, 0.15) is 5.75 Å². The van der Waals surface area contributed by atoms with E-state index in [0.717, 1.165) is 51.0 Å². The second-order valence-corrected chi connectivity index (χ2v) is 6.32. The molecule has 1 aromatic rings. The molecule has 0 unspecified atom stereocenters. The molecule has 1 N–H and O–H groups in total. The van der Waals surface area contributed by atoms with Crippen LogP contribution < -0.4 is 10.1 Å². The lowest BCUT2D eigenvalue weighted by Crippen LogP contribution is -2.19. The molecular weight excluding hydrogens is 286 g/mol. The molecule has 0 spiro atoms. The maximum absolute atomic E-state index is 5.67. The summed E-state index contributed by atoms with van der Waals surface area (Å²) in [7, 11) is 0. The Balaban J connectivity index is 0.00000232. The predicted molar refractivity (Wildman–Crippen MR) is 100 cm³/mol. The first kappa shape index (κ1) is 21.9. The van der Waals surface area contributed by atoms with Crippen molar-refractivity contribution < 1.29 is 9.47 Å². The van der Waals surface area contributed by atoms with Gasteiger partial charge in [-0.15, -0.1) is 0 Å². The minimum Gasteiger partial charge on any atom is -0.493 e. The summed E-state index contributed by atoms with van der Waals surface area (Å²) in [6.07, 6.45) is 1.14. The fraction of sp³-hybridized carbons (Fsp3) is 0.700. The summed E-state index contributed by atoms with van der Waals surface area (Å²) in [5, 5.41) is 3.39. The molecule has 0 aromatic heterocycles. The van der Waals surface area contributed by atoms with E-state index in [-0.39, 0.29) is 0 Å². The molecule has 0 saturated carbocycles. The molecule has 0 aliphatic carbocycles. The Morgan fingerprint density at radius 3 is 2.13 bits per heavy atom. The summed E-state index contributed by atoms with van der Waals surface area (Å²) in [6, 6.07) is 8.31. The van der Waals surface area contributed by atoms with Gasteiger partial charge in [-0.1, -0.05) is 53.7 Å². The second-order valence-electron chi connectivity index (χ2n) is 6.32. The lowest BCUT2D eigenvalue weighted by Gasteiger charge is -2.10. The van der Waals surface area contributed by atoms with Crippen LogP contribution in [0.15, 0.2) is 24.3 Å². The van der Waals surface area contributed by atoms with Crippen molar-refractivity contribution in [2.45, 2.75) is 54.5 Å². The van der Waals surface area contributed by atoms with Gasteiger partial charge in [-0.2, -0.15) is 0 Å². The van der Waals surface area contributed by atoms with Crippen LogP contribution in [-0.2, 0) is 11.3 Å². The van der Waals surface area contributed by atoms with Gasteiger partial charge >= 0.3 is 0 Å². The highest BCUT2D eigenvalue weighted by Crippen LogP contribution is 2.13. The average molecular weight is 324 g/mol. The van der Waals surface area contributed by atoms with Gasteiger partial charge in [-0.3, -0.25) is 0 Å². The van der Waals surface area contributed by atoms with E-state index < -0.39 is 0 Å². The highest BCUT2D eigenvalue weighted by atomic mass is 16.5. The Morgan fingerprint density at radius 2 is 1.57 bits per heavy atom. The smallest absolute Gasteiger partial charge is 0.119 e. The van der Waals surface area contributed by atoms with Crippen molar-refractivity contribution in [3.05, 3.63) is 29.8 Å². The number of hydrogen-bond donors (Lipinski definition) is 1. The third-order valence-corrected chi connectivity index (χ3v) is 3.10. The minimum absolute atomic E-state index is 0.557. The van der Waals surface area contributed by atoms with Gasteiger partial charge in [0.25, 0.3) is 0 Å². The van der Waals surface area contributed by atoms with Crippen molar-refractivity contribution in [2.75, 3.05) is 26.4 Å². The summed E-state index contributed by atoms with van der Waals surface area (Å²) >= 11 is 0. The van der Waals surface area contributed by atoms with Crippen molar-refractivity contribution in [1.82, 2.24) is 5.32 Å². The Hall–Kier alpha value is -1.06. The summed E-state index contributed by atoms with van der Waals surface area (Å²) in [5.74, 6) is 2.22. The van der Waals surface area contributed by atoms with Gasteiger partial charge in [-0.25, -0.2) is 0 Å². The molecule has 0 amide bonds. The zero-order valence-electron chi connectivity index (χ0n) is 16.0. The third kappa shape index (κ3) is 13.1. The molecule has 134 valence electrons. The molecule has 0 radical (unpaired) electrons. The quantitative estimate of drug-likeness (QED) is 0.588. The van der Waals surface area contributed by atoms with Gasteiger partial charge in [-0.05, 0) is 36.0 Å².